The maximum atomic E-state index is 4.12. The van der Waals surface area contributed by atoms with Crippen LogP contribution in [0.15, 0.2) is 37.4 Å². The Balaban J connectivity index is 0.000000157. The number of H-pyrrole nitrogens is 2. The minimum absolute atomic E-state index is 0.852. The van der Waals surface area contributed by atoms with Crippen molar-refractivity contribution in [3.8, 4) is 11.5 Å². The first-order valence-corrected chi connectivity index (χ1v) is 12.2. The van der Waals surface area contributed by atoms with Gasteiger partial charge in [-0.1, -0.05) is 25.6 Å². The highest BCUT2D eigenvalue weighted by atomic mass is 127. The van der Waals surface area contributed by atoms with Gasteiger partial charge in [0.1, 0.15) is 32.0 Å². The zero-order chi connectivity index (χ0) is 17.9. The quantitative estimate of drug-likeness (QED) is 0.238. The van der Waals surface area contributed by atoms with Gasteiger partial charge < -0.3 is 9.97 Å². The van der Waals surface area contributed by atoms with E-state index in [4.69, 9.17) is 0 Å². The molecule has 0 saturated carbocycles. The highest BCUT2D eigenvalue weighted by Crippen LogP contribution is 2.15. The number of hydrogen-bond acceptors (Lipinski definition) is 4. The molecule has 4 aromatic rings. The molecule has 126 valence electrons. The molecule has 0 bridgehead atoms. The van der Waals surface area contributed by atoms with Gasteiger partial charge in [0.15, 0.2) is 0 Å². The van der Waals surface area contributed by atoms with Crippen LogP contribution in [0.5, 0.6) is 0 Å². The van der Waals surface area contributed by atoms with Crippen LogP contribution in [-0.2, 0) is 0 Å². The fraction of sp³-hybridized carbons (Fsp3) is 0.176. The summed E-state index contributed by atoms with van der Waals surface area (Å²) >= 11 is 2.24. The molecule has 0 amide bonds. The molecule has 0 aromatic carbocycles. The van der Waals surface area contributed by atoms with Crippen molar-refractivity contribution in [3.05, 3.63) is 46.6 Å². The average molecular weight is 460 g/mol. The van der Waals surface area contributed by atoms with Crippen LogP contribution < -0.4 is 0 Å². The molecule has 0 unspecified atom stereocenters. The van der Waals surface area contributed by atoms with Gasteiger partial charge >= 0.3 is 0 Å². The van der Waals surface area contributed by atoms with Crippen molar-refractivity contribution in [1.82, 2.24) is 29.9 Å². The van der Waals surface area contributed by atoms with Crippen LogP contribution in [0.4, 0.5) is 0 Å². The topological polar surface area (TPSA) is 83.1 Å². The van der Waals surface area contributed by atoms with Crippen molar-refractivity contribution < 1.29 is 0 Å². The van der Waals surface area contributed by atoms with Gasteiger partial charge in [0.05, 0.1) is 16.3 Å². The molecule has 2 N–H and O–H groups in total. The molecule has 0 radical (unpaired) electrons. The van der Waals surface area contributed by atoms with Gasteiger partial charge in [-0.05, 0) is 22.6 Å². The SMILES string of the molecule is C[Si](C)(C)C#Cc1c[nH]c2ncncc12.Ic1c[nH]c2ncncc12. The minimum Gasteiger partial charge on any atom is -0.345 e. The maximum absolute atomic E-state index is 4.12. The summed E-state index contributed by atoms with van der Waals surface area (Å²) < 4.78 is 1.16. The Bertz CT molecular complexity index is 1070. The summed E-state index contributed by atoms with van der Waals surface area (Å²) in [6, 6.07) is 0. The molecule has 4 heterocycles. The Kier molecular flexibility index (Phi) is 5.15. The van der Waals surface area contributed by atoms with E-state index in [2.05, 4.69) is 83.6 Å². The van der Waals surface area contributed by atoms with Crippen LogP contribution in [0.25, 0.3) is 22.1 Å². The fourth-order valence-corrected chi connectivity index (χ4v) is 3.11. The molecular weight excluding hydrogens is 443 g/mol. The fourth-order valence-electron chi connectivity index (χ4n) is 2.05. The number of aromatic amines is 2. The van der Waals surface area contributed by atoms with Gasteiger partial charge in [-0.15, -0.1) is 5.54 Å². The van der Waals surface area contributed by atoms with Crippen molar-refractivity contribution in [2.24, 2.45) is 0 Å². The first-order valence-electron chi connectivity index (χ1n) is 7.67. The molecule has 0 spiro atoms. The van der Waals surface area contributed by atoms with Crippen LogP contribution in [0.3, 0.4) is 0 Å². The van der Waals surface area contributed by atoms with Crippen LogP contribution in [0.2, 0.25) is 19.6 Å². The van der Waals surface area contributed by atoms with Crippen molar-refractivity contribution in [1.29, 1.82) is 0 Å². The molecule has 8 heteroatoms. The standard InChI is InChI=1S/C11H13N3Si.C6H4IN3/c1-15(2,3)5-4-9-6-13-11-10(9)7-12-8-14-11;7-5-2-9-6-4(5)1-8-3-10-6/h6-8H,1-3H3,(H,12,13,14);1-3H,(H,8,9,10). The van der Waals surface area contributed by atoms with E-state index in [0.717, 1.165) is 31.2 Å². The molecule has 6 nitrogen and oxygen atoms in total. The van der Waals surface area contributed by atoms with E-state index in [1.807, 2.05) is 12.4 Å². The van der Waals surface area contributed by atoms with Crippen molar-refractivity contribution in [2.75, 3.05) is 0 Å². The number of rotatable bonds is 0. The Morgan fingerprint density at radius 1 is 0.920 bits per heavy atom. The van der Waals surface area contributed by atoms with Crippen molar-refractivity contribution >= 4 is 52.7 Å². The molecule has 25 heavy (non-hydrogen) atoms. The van der Waals surface area contributed by atoms with Crippen LogP contribution in [-0.4, -0.2) is 38.0 Å². The second-order valence-corrected chi connectivity index (χ2v) is 12.3. The van der Waals surface area contributed by atoms with Crippen LogP contribution in [0.1, 0.15) is 5.56 Å². The van der Waals surface area contributed by atoms with E-state index in [-0.39, 0.29) is 0 Å². The number of fused-ring (bicyclic) bond motifs is 2. The summed E-state index contributed by atoms with van der Waals surface area (Å²) in [5, 5.41) is 2.09. The van der Waals surface area contributed by atoms with E-state index in [0.29, 0.717) is 0 Å². The lowest BCUT2D eigenvalue weighted by Crippen LogP contribution is -2.16. The zero-order valence-electron chi connectivity index (χ0n) is 14.1. The minimum atomic E-state index is -1.32. The van der Waals surface area contributed by atoms with Crippen molar-refractivity contribution in [3.63, 3.8) is 0 Å². The summed E-state index contributed by atoms with van der Waals surface area (Å²) in [4.78, 5) is 22.2. The highest BCUT2D eigenvalue weighted by Gasteiger charge is 2.08. The molecule has 0 aliphatic heterocycles. The monoisotopic (exact) mass is 460 g/mol. The van der Waals surface area contributed by atoms with Gasteiger partial charge in [0, 0.05) is 28.4 Å². The van der Waals surface area contributed by atoms with Gasteiger partial charge in [0.25, 0.3) is 0 Å². The third-order valence-corrected chi connectivity index (χ3v) is 5.00. The molecule has 4 aromatic heterocycles. The first kappa shape index (κ1) is 17.6. The second kappa shape index (κ2) is 7.33. The largest absolute Gasteiger partial charge is 0.345 e. The maximum Gasteiger partial charge on any atom is 0.141 e. The Morgan fingerprint density at radius 3 is 2.16 bits per heavy atom. The molecule has 0 fully saturated rings. The summed E-state index contributed by atoms with van der Waals surface area (Å²) in [5.74, 6) is 3.21. The van der Waals surface area contributed by atoms with E-state index >= 15 is 0 Å². The molecule has 0 aliphatic carbocycles. The van der Waals surface area contributed by atoms with Crippen LogP contribution in [0, 0.1) is 15.0 Å². The zero-order valence-corrected chi connectivity index (χ0v) is 17.3. The van der Waals surface area contributed by atoms with Gasteiger partial charge in [-0.3, -0.25) is 0 Å². The third kappa shape index (κ3) is 4.43. The van der Waals surface area contributed by atoms with E-state index in [9.17, 15) is 0 Å². The lowest BCUT2D eigenvalue weighted by atomic mass is 10.3. The highest BCUT2D eigenvalue weighted by molar-refractivity contribution is 14.1. The third-order valence-electron chi connectivity index (χ3n) is 3.23. The van der Waals surface area contributed by atoms with Gasteiger partial charge in [0.2, 0.25) is 0 Å². The Labute approximate surface area is 160 Å². The van der Waals surface area contributed by atoms with Gasteiger partial charge in [-0.2, -0.15) is 0 Å². The number of halogens is 1. The normalized spacial score (nSPS) is 10.9. The number of aromatic nitrogens is 6. The Morgan fingerprint density at radius 2 is 1.52 bits per heavy atom. The number of nitrogens with one attached hydrogen (secondary N) is 2. The lowest BCUT2D eigenvalue weighted by molar-refractivity contribution is 1.20. The Hall–Kier alpha value is -2.25. The molecule has 0 saturated heterocycles. The van der Waals surface area contributed by atoms with Crippen LogP contribution >= 0.6 is 22.6 Å². The van der Waals surface area contributed by atoms with Gasteiger partial charge in [-0.25, -0.2) is 19.9 Å². The van der Waals surface area contributed by atoms with Crippen molar-refractivity contribution in [2.45, 2.75) is 19.6 Å². The number of nitrogens with zero attached hydrogens (tertiary/aromatic N) is 4. The molecule has 0 aliphatic rings. The number of hydrogen-bond donors (Lipinski definition) is 2. The molecular formula is C17H17IN6Si. The summed E-state index contributed by atoms with van der Waals surface area (Å²) in [5.41, 5.74) is 6.08. The summed E-state index contributed by atoms with van der Waals surface area (Å²) in [7, 11) is -1.32. The lowest BCUT2D eigenvalue weighted by Gasteiger charge is -2.02. The smallest absolute Gasteiger partial charge is 0.141 e. The molecule has 0 atom stereocenters. The van der Waals surface area contributed by atoms with E-state index < -0.39 is 8.07 Å². The van der Waals surface area contributed by atoms with E-state index in [1.54, 1.807) is 12.4 Å². The molecule has 4 rings (SSSR count). The predicted molar refractivity (Wildman–Crippen MR) is 111 cm³/mol. The van der Waals surface area contributed by atoms with E-state index in [1.165, 1.54) is 12.7 Å². The summed E-state index contributed by atoms with van der Waals surface area (Å²) in [6.07, 6.45) is 10.5. The average Bonchev–Trinajstić information content (AvgIpc) is 3.17. The predicted octanol–water partition coefficient (Wildman–Crippen LogP) is 3.75. The first-order chi connectivity index (χ1) is 11.9. The second-order valence-electron chi connectivity index (χ2n) is 6.41. The summed E-state index contributed by atoms with van der Waals surface area (Å²) in [6.45, 7) is 6.68.